The van der Waals surface area contributed by atoms with E-state index in [0.717, 1.165) is 11.1 Å². The van der Waals surface area contributed by atoms with Gasteiger partial charge < -0.3 is 33.5 Å². The molecular weight excluding hydrogens is 592 g/mol. The number of ketones is 1. The fourth-order valence-corrected chi connectivity index (χ4v) is 11.5. The lowest BCUT2D eigenvalue weighted by Gasteiger charge is -2.52. The molecule has 10 heteroatoms. The molecule has 0 radical (unpaired) electrons. The maximum Gasteiger partial charge on any atom is 0.312 e. The molecule has 6 heterocycles. The lowest BCUT2D eigenvalue weighted by Crippen LogP contribution is -2.64. The van der Waals surface area contributed by atoms with Crippen LogP contribution in [0.15, 0.2) is 42.0 Å². The number of rotatable bonds is 3. The number of hydrogen-bond acceptors (Lipinski definition) is 10. The minimum Gasteiger partial charge on any atom is -0.459 e. The van der Waals surface area contributed by atoms with Crippen LogP contribution in [0.4, 0.5) is 0 Å². The van der Waals surface area contributed by atoms with Gasteiger partial charge in [0.25, 0.3) is 0 Å². The number of aliphatic hydroxyl groups is 1. The van der Waals surface area contributed by atoms with Gasteiger partial charge in [-0.05, 0) is 51.2 Å². The zero-order chi connectivity index (χ0) is 32.2. The predicted octanol–water partition coefficient (Wildman–Crippen LogP) is 3.77. The highest BCUT2D eigenvalue weighted by Gasteiger charge is 2.83. The third-order valence-corrected chi connectivity index (χ3v) is 13.3. The summed E-state index contributed by atoms with van der Waals surface area (Å²) in [4.78, 5) is 40.4. The van der Waals surface area contributed by atoms with Crippen molar-refractivity contribution in [3.63, 3.8) is 0 Å². The van der Waals surface area contributed by atoms with Gasteiger partial charge in [0, 0.05) is 35.5 Å². The van der Waals surface area contributed by atoms with Crippen LogP contribution in [-0.2, 0) is 49.4 Å². The van der Waals surface area contributed by atoms with Crippen LogP contribution in [0, 0.1) is 35.0 Å². The Morgan fingerprint density at radius 1 is 0.978 bits per heavy atom. The largest absolute Gasteiger partial charge is 0.459 e. The van der Waals surface area contributed by atoms with Crippen LogP contribution in [-0.4, -0.2) is 69.5 Å². The first kappa shape index (κ1) is 29.5. The molecule has 46 heavy (non-hydrogen) atoms. The lowest BCUT2D eigenvalue weighted by molar-refractivity contribution is -0.370. The smallest absolute Gasteiger partial charge is 0.312 e. The van der Waals surface area contributed by atoms with Crippen molar-refractivity contribution >= 4 is 17.7 Å². The van der Waals surface area contributed by atoms with E-state index < -0.39 is 69.9 Å². The fraction of sp³-hybridized carbons (Fsp3) is 0.694. The third kappa shape index (κ3) is 3.33. The molecule has 2 aliphatic carbocycles. The first-order valence-corrected chi connectivity index (χ1v) is 16.8. The lowest BCUT2D eigenvalue weighted by atomic mass is 9.61. The Morgan fingerprint density at radius 2 is 1.74 bits per heavy atom. The molecule has 1 aromatic rings. The van der Waals surface area contributed by atoms with E-state index in [0.29, 0.717) is 19.3 Å². The second kappa shape index (κ2) is 8.88. The van der Waals surface area contributed by atoms with Crippen molar-refractivity contribution in [3.05, 3.63) is 47.5 Å². The van der Waals surface area contributed by atoms with Crippen molar-refractivity contribution in [1.82, 2.24) is 0 Å². The minimum atomic E-state index is -1.84. The van der Waals surface area contributed by atoms with E-state index in [2.05, 4.69) is 6.08 Å². The highest BCUT2D eigenvalue weighted by molar-refractivity contribution is 5.90. The van der Waals surface area contributed by atoms with Gasteiger partial charge in [-0.2, -0.15) is 0 Å². The van der Waals surface area contributed by atoms with E-state index in [4.69, 9.17) is 28.4 Å². The molecule has 6 aliphatic heterocycles. The Bertz CT molecular complexity index is 1590. The van der Waals surface area contributed by atoms with Gasteiger partial charge in [0.2, 0.25) is 11.6 Å². The number of carbonyl (C=O) groups is 3. The normalized spacial score (nSPS) is 52.4. The van der Waals surface area contributed by atoms with Crippen molar-refractivity contribution in [2.24, 2.45) is 35.0 Å². The van der Waals surface area contributed by atoms with E-state index in [1.807, 2.05) is 65.0 Å². The van der Waals surface area contributed by atoms with E-state index >= 15 is 0 Å². The van der Waals surface area contributed by atoms with E-state index in [9.17, 15) is 19.5 Å². The van der Waals surface area contributed by atoms with Gasteiger partial charge in [-0.25, -0.2) is 0 Å². The van der Waals surface area contributed by atoms with Crippen LogP contribution in [0.25, 0.3) is 0 Å². The van der Waals surface area contributed by atoms with E-state index in [1.54, 1.807) is 0 Å². The highest BCUT2D eigenvalue weighted by Crippen LogP contribution is 2.72. The number of carbonyl (C=O) groups excluding carboxylic acids is 3. The summed E-state index contributed by atoms with van der Waals surface area (Å²) in [7, 11) is 0. The standard InChI is InChI=1S/C36H42O10/c1-18-24-26-25(19(2)30(39)42-26)44-36-27(24)32(5,28(18)38)13-14-33(46-36)17-34-22(31(3,4)45-35(34,40)15-23(37)43-34)12-11-21(33)29(36)41-16-20-9-7-6-8-10-20/h6-11,18-19,22,24-27,29,40H,12-17H2,1-5H3/t18-,19-,22-,24+,25+,26+,27-,29-,32-,33-,34+,35+,36-/m0/s1. The number of benzene rings is 1. The second-order valence-electron chi connectivity index (χ2n) is 16.0. The van der Waals surface area contributed by atoms with Crippen LogP contribution >= 0.6 is 0 Å². The highest BCUT2D eigenvalue weighted by atomic mass is 16.8. The quantitative estimate of drug-likeness (QED) is 0.388. The van der Waals surface area contributed by atoms with Gasteiger partial charge in [-0.15, -0.1) is 0 Å². The van der Waals surface area contributed by atoms with Crippen molar-refractivity contribution in [3.8, 4) is 0 Å². The molecule has 0 aromatic heterocycles. The second-order valence-corrected chi connectivity index (χ2v) is 16.0. The molecule has 1 aromatic carbocycles. The summed E-state index contributed by atoms with van der Waals surface area (Å²) in [6.45, 7) is 9.89. The molecule has 2 bridgehead atoms. The molecule has 8 aliphatic rings. The van der Waals surface area contributed by atoms with Gasteiger partial charge >= 0.3 is 11.9 Å². The number of ether oxygens (including phenoxy) is 6. The number of Topliss-reactive ketones (excluding diaryl/α,β-unsaturated/α-hetero) is 1. The van der Waals surface area contributed by atoms with Gasteiger partial charge in [-0.1, -0.05) is 50.3 Å². The first-order valence-electron chi connectivity index (χ1n) is 16.8. The topological polar surface area (TPSA) is 127 Å². The summed E-state index contributed by atoms with van der Waals surface area (Å²) in [6.07, 6.45) is 1.44. The van der Waals surface area contributed by atoms with Gasteiger partial charge in [-0.3, -0.25) is 14.4 Å². The van der Waals surface area contributed by atoms with Crippen molar-refractivity contribution in [2.75, 3.05) is 0 Å². The van der Waals surface area contributed by atoms with Crippen LogP contribution in [0.1, 0.15) is 72.3 Å². The Kier molecular flexibility index (Phi) is 5.70. The Hall–Kier alpha value is -2.63. The van der Waals surface area contributed by atoms with Crippen LogP contribution in [0.5, 0.6) is 0 Å². The van der Waals surface area contributed by atoms with Crippen LogP contribution < -0.4 is 0 Å². The molecule has 0 amide bonds. The summed E-state index contributed by atoms with van der Waals surface area (Å²) >= 11 is 0. The summed E-state index contributed by atoms with van der Waals surface area (Å²) in [5.41, 5.74) is -2.27. The van der Waals surface area contributed by atoms with Crippen molar-refractivity contribution in [1.29, 1.82) is 0 Å². The molecule has 246 valence electrons. The third-order valence-electron chi connectivity index (χ3n) is 13.3. The van der Waals surface area contributed by atoms with Gasteiger partial charge in [0.15, 0.2) is 5.60 Å². The molecule has 9 rings (SSSR count). The van der Waals surface area contributed by atoms with E-state index in [1.165, 1.54) is 0 Å². The molecule has 1 saturated carbocycles. The molecule has 0 unspecified atom stereocenters. The maximum absolute atomic E-state index is 14.4. The fourth-order valence-electron chi connectivity index (χ4n) is 11.5. The summed E-state index contributed by atoms with van der Waals surface area (Å²) in [5, 5.41) is 12.1. The van der Waals surface area contributed by atoms with Crippen LogP contribution in [0.3, 0.4) is 0 Å². The predicted molar refractivity (Wildman–Crippen MR) is 158 cm³/mol. The molecule has 3 spiro atoms. The summed E-state index contributed by atoms with van der Waals surface area (Å²) in [6, 6.07) is 9.89. The van der Waals surface area contributed by atoms with Crippen LogP contribution in [0.2, 0.25) is 0 Å². The average molecular weight is 635 g/mol. The Balaban J connectivity index is 1.25. The number of fused-ring (bicyclic) bond motifs is 2. The molecule has 7 fully saturated rings. The minimum absolute atomic E-state index is 0.111. The maximum atomic E-state index is 14.4. The number of hydrogen-bond donors (Lipinski definition) is 1. The SMILES string of the molecule is C[C@@H]1C(=O)O[C@H]2[C@@H]1O[C@]13O[C@@]4(CC[C@]5(C)C(=O)[C@@H](C)[C@H]2[C@H]15)C[C@]12OC(=O)C[C@@]1(O)OC(C)(C)[C@@H]2CC=C4[C@@H]3OCc1ccccc1. The zero-order valence-electron chi connectivity index (χ0n) is 26.9. The van der Waals surface area contributed by atoms with Gasteiger partial charge in [0.1, 0.15) is 30.5 Å². The van der Waals surface area contributed by atoms with Crippen molar-refractivity contribution < 1.29 is 47.9 Å². The number of allylic oxidation sites excluding steroid dienone is 1. The van der Waals surface area contributed by atoms with Crippen molar-refractivity contribution in [2.45, 2.75) is 120 Å². The molecular formula is C36H42O10. The Morgan fingerprint density at radius 3 is 2.50 bits per heavy atom. The molecule has 1 N–H and O–H groups in total. The molecule has 6 saturated heterocycles. The number of esters is 2. The molecule has 13 atom stereocenters. The van der Waals surface area contributed by atoms with Gasteiger partial charge in [0.05, 0.1) is 23.7 Å². The zero-order valence-corrected chi connectivity index (χ0v) is 26.9. The first-order chi connectivity index (χ1) is 21.7. The summed E-state index contributed by atoms with van der Waals surface area (Å²) in [5.74, 6) is -6.09. The average Bonchev–Trinajstić information content (AvgIpc) is 3.55. The summed E-state index contributed by atoms with van der Waals surface area (Å²) < 4.78 is 40.1. The van der Waals surface area contributed by atoms with E-state index in [-0.39, 0.29) is 49.0 Å². The monoisotopic (exact) mass is 634 g/mol. The molecule has 10 nitrogen and oxygen atoms in total. The Labute approximate surface area is 268 Å².